The maximum absolute atomic E-state index is 5.73. The van der Waals surface area contributed by atoms with E-state index in [1.807, 2.05) is 0 Å². The molecular weight excluding hydrogens is 300 g/mol. The smallest absolute Gasteiger partial charge is 0.178 e. The average Bonchev–Trinajstić information content (AvgIpc) is 2.91. The molecule has 0 aliphatic carbocycles. The Bertz CT molecular complexity index is 882. The van der Waals surface area contributed by atoms with Crippen molar-refractivity contribution in [2.24, 2.45) is 0 Å². The molecule has 23 heavy (non-hydrogen) atoms. The highest BCUT2D eigenvalue weighted by Gasteiger charge is 2.28. The van der Waals surface area contributed by atoms with E-state index in [0.717, 1.165) is 17.2 Å². The van der Waals surface area contributed by atoms with Crippen LogP contribution in [0, 0.1) is 0 Å². The van der Waals surface area contributed by atoms with E-state index in [9.17, 15) is 0 Å². The van der Waals surface area contributed by atoms with Crippen LogP contribution >= 0.6 is 12.2 Å². The summed E-state index contributed by atoms with van der Waals surface area (Å²) in [6.07, 6.45) is 1.04. The summed E-state index contributed by atoms with van der Waals surface area (Å²) >= 11 is 5.73. The molecule has 0 spiro atoms. The highest BCUT2D eigenvalue weighted by atomic mass is 32.1. The molecule has 0 amide bonds. The quantitative estimate of drug-likeness (QED) is 0.637. The number of para-hydroxylation sites is 1. The van der Waals surface area contributed by atoms with Gasteiger partial charge in [-0.05, 0) is 48.6 Å². The molecule has 4 rings (SSSR count). The second-order valence-electron chi connectivity index (χ2n) is 6.01. The Morgan fingerprint density at radius 1 is 1.00 bits per heavy atom. The molecule has 3 aromatic carbocycles. The first-order chi connectivity index (χ1) is 11.2. The Hall–Kier alpha value is -2.39. The Balaban J connectivity index is 1.68. The topological polar surface area (TPSA) is 15.3 Å². The van der Waals surface area contributed by atoms with Crippen LogP contribution < -0.4 is 10.2 Å². The van der Waals surface area contributed by atoms with E-state index in [-0.39, 0.29) is 0 Å². The molecule has 0 unspecified atom stereocenters. The summed E-state index contributed by atoms with van der Waals surface area (Å²) in [6, 6.07) is 23.5. The van der Waals surface area contributed by atoms with Crippen LogP contribution in [-0.4, -0.2) is 11.2 Å². The van der Waals surface area contributed by atoms with Gasteiger partial charge in [0.15, 0.2) is 5.11 Å². The van der Waals surface area contributed by atoms with Crippen LogP contribution in [0.3, 0.4) is 0 Å². The van der Waals surface area contributed by atoms with Crippen LogP contribution in [0.4, 0.5) is 11.4 Å². The third-order valence-electron chi connectivity index (χ3n) is 4.46. The summed E-state index contributed by atoms with van der Waals surface area (Å²) in [5.74, 6) is 0. The minimum absolute atomic E-state index is 0.377. The number of anilines is 2. The van der Waals surface area contributed by atoms with Gasteiger partial charge >= 0.3 is 0 Å². The molecule has 1 heterocycles. The van der Waals surface area contributed by atoms with Crippen molar-refractivity contribution in [3.05, 3.63) is 72.3 Å². The van der Waals surface area contributed by atoms with Crippen molar-refractivity contribution in [1.82, 2.24) is 0 Å². The molecule has 1 aliphatic heterocycles. The zero-order chi connectivity index (χ0) is 15.8. The van der Waals surface area contributed by atoms with Gasteiger partial charge in [-0.25, -0.2) is 0 Å². The first kappa shape index (κ1) is 14.2. The molecule has 0 bridgehead atoms. The van der Waals surface area contributed by atoms with Gasteiger partial charge in [0.1, 0.15) is 0 Å². The summed E-state index contributed by atoms with van der Waals surface area (Å²) in [7, 11) is 0. The lowest BCUT2D eigenvalue weighted by Crippen LogP contribution is -2.38. The minimum atomic E-state index is 0.377. The van der Waals surface area contributed by atoms with E-state index in [1.54, 1.807) is 0 Å². The molecule has 2 nitrogen and oxygen atoms in total. The molecule has 0 fully saturated rings. The third kappa shape index (κ3) is 2.47. The van der Waals surface area contributed by atoms with Crippen molar-refractivity contribution in [2.75, 3.05) is 10.2 Å². The SMILES string of the molecule is C[C@@H]1Cc2ccccc2N1C(=S)Nc1cccc2ccccc12. The summed E-state index contributed by atoms with van der Waals surface area (Å²) in [5, 5.41) is 6.63. The predicted octanol–water partition coefficient (Wildman–Crippen LogP) is 4.99. The van der Waals surface area contributed by atoms with Crippen molar-refractivity contribution in [3.8, 4) is 0 Å². The van der Waals surface area contributed by atoms with Crippen LogP contribution in [0.2, 0.25) is 0 Å². The lowest BCUT2D eigenvalue weighted by Gasteiger charge is -2.26. The number of benzene rings is 3. The summed E-state index contributed by atoms with van der Waals surface area (Å²) < 4.78 is 0. The standard InChI is InChI=1S/C20H18N2S/c1-14-13-16-8-3-5-12-19(16)22(14)20(23)21-18-11-6-9-15-7-2-4-10-17(15)18/h2-12,14H,13H2,1H3,(H,21,23)/t14-/m1/s1. The normalized spacial score (nSPS) is 16.4. The zero-order valence-electron chi connectivity index (χ0n) is 13.0. The fourth-order valence-electron chi connectivity index (χ4n) is 3.38. The summed E-state index contributed by atoms with van der Waals surface area (Å²) in [5.41, 5.74) is 3.64. The van der Waals surface area contributed by atoms with Gasteiger partial charge in [-0.1, -0.05) is 54.6 Å². The van der Waals surface area contributed by atoms with Gasteiger partial charge < -0.3 is 10.2 Å². The van der Waals surface area contributed by atoms with Gasteiger partial charge in [0, 0.05) is 22.8 Å². The molecule has 3 heteroatoms. The number of nitrogens with zero attached hydrogens (tertiary/aromatic N) is 1. The van der Waals surface area contributed by atoms with Crippen LogP contribution in [-0.2, 0) is 6.42 Å². The molecule has 0 saturated carbocycles. The van der Waals surface area contributed by atoms with Gasteiger partial charge in [-0.3, -0.25) is 0 Å². The predicted molar refractivity (Wildman–Crippen MR) is 102 cm³/mol. The van der Waals surface area contributed by atoms with Crippen molar-refractivity contribution in [1.29, 1.82) is 0 Å². The van der Waals surface area contributed by atoms with Crippen LogP contribution in [0.1, 0.15) is 12.5 Å². The third-order valence-corrected chi connectivity index (χ3v) is 4.76. The lowest BCUT2D eigenvalue weighted by atomic mass is 10.1. The van der Waals surface area contributed by atoms with Crippen LogP contribution in [0.5, 0.6) is 0 Å². The van der Waals surface area contributed by atoms with E-state index in [1.165, 1.54) is 22.0 Å². The highest BCUT2D eigenvalue weighted by Crippen LogP contribution is 2.33. The van der Waals surface area contributed by atoms with Crippen LogP contribution in [0.15, 0.2) is 66.7 Å². The molecular formula is C20H18N2S. The van der Waals surface area contributed by atoms with Crippen LogP contribution in [0.25, 0.3) is 10.8 Å². The largest absolute Gasteiger partial charge is 0.332 e. The molecule has 0 radical (unpaired) electrons. The number of hydrogen-bond donors (Lipinski definition) is 1. The second-order valence-corrected chi connectivity index (χ2v) is 6.40. The summed E-state index contributed by atoms with van der Waals surface area (Å²) in [6.45, 7) is 2.22. The maximum Gasteiger partial charge on any atom is 0.178 e. The molecule has 0 saturated heterocycles. The minimum Gasteiger partial charge on any atom is -0.332 e. The van der Waals surface area contributed by atoms with Crippen molar-refractivity contribution < 1.29 is 0 Å². The molecule has 1 N–H and O–H groups in total. The second kappa shape index (κ2) is 5.67. The Kier molecular flexibility index (Phi) is 3.50. The Labute approximate surface area is 141 Å². The van der Waals surface area contributed by atoms with E-state index in [0.29, 0.717) is 6.04 Å². The molecule has 0 aromatic heterocycles. The highest BCUT2D eigenvalue weighted by molar-refractivity contribution is 7.80. The van der Waals surface area contributed by atoms with Crippen molar-refractivity contribution in [2.45, 2.75) is 19.4 Å². The van der Waals surface area contributed by atoms with E-state index >= 15 is 0 Å². The summed E-state index contributed by atoms with van der Waals surface area (Å²) in [4.78, 5) is 2.23. The van der Waals surface area contributed by atoms with E-state index < -0.39 is 0 Å². The van der Waals surface area contributed by atoms with Crippen molar-refractivity contribution >= 4 is 39.5 Å². The lowest BCUT2D eigenvalue weighted by molar-refractivity contribution is 0.776. The Morgan fingerprint density at radius 2 is 1.74 bits per heavy atom. The first-order valence-corrected chi connectivity index (χ1v) is 8.31. The fourth-order valence-corrected chi connectivity index (χ4v) is 3.77. The van der Waals surface area contributed by atoms with Gasteiger partial charge in [0.2, 0.25) is 0 Å². The maximum atomic E-state index is 5.73. The first-order valence-electron chi connectivity index (χ1n) is 7.90. The monoisotopic (exact) mass is 318 g/mol. The van der Waals surface area contributed by atoms with Crippen molar-refractivity contribution in [3.63, 3.8) is 0 Å². The van der Waals surface area contributed by atoms with Gasteiger partial charge in [0.25, 0.3) is 0 Å². The number of fused-ring (bicyclic) bond motifs is 2. The number of nitrogens with one attached hydrogen (secondary N) is 1. The molecule has 3 aromatic rings. The fraction of sp³-hybridized carbons (Fsp3) is 0.150. The van der Waals surface area contributed by atoms with Gasteiger partial charge in [-0.2, -0.15) is 0 Å². The average molecular weight is 318 g/mol. The number of thiocarbonyl (C=S) groups is 1. The molecule has 114 valence electrons. The Morgan fingerprint density at radius 3 is 2.65 bits per heavy atom. The van der Waals surface area contributed by atoms with E-state index in [4.69, 9.17) is 12.2 Å². The van der Waals surface area contributed by atoms with Gasteiger partial charge in [0.05, 0.1) is 0 Å². The molecule has 1 aliphatic rings. The number of hydrogen-bond acceptors (Lipinski definition) is 1. The number of rotatable bonds is 1. The molecule has 1 atom stereocenters. The van der Waals surface area contributed by atoms with Gasteiger partial charge in [-0.15, -0.1) is 0 Å². The zero-order valence-corrected chi connectivity index (χ0v) is 13.8. The van der Waals surface area contributed by atoms with E-state index in [2.05, 4.69) is 83.9 Å².